The van der Waals surface area contributed by atoms with Gasteiger partial charge in [-0.25, -0.2) is 0 Å². The van der Waals surface area contributed by atoms with Gasteiger partial charge in [0, 0.05) is 12.1 Å². The van der Waals surface area contributed by atoms with Crippen LogP contribution in [0.4, 0.5) is 5.69 Å². The van der Waals surface area contributed by atoms with Gasteiger partial charge in [-0.2, -0.15) is 0 Å². The second kappa shape index (κ2) is 3.89. The van der Waals surface area contributed by atoms with Gasteiger partial charge >= 0.3 is 5.69 Å². The molecule has 0 saturated heterocycles. The van der Waals surface area contributed by atoms with Gasteiger partial charge in [-0.15, -0.1) is 6.58 Å². The number of rotatable bonds is 3. The van der Waals surface area contributed by atoms with E-state index in [1.165, 1.54) is 24.3 Å². The van der Waals surface area contributed by atoms with Crippen molar-refractivity contribution in [2.45, 2.75) is 6.04 Å². The van der Waals surface area contributed by atoms with Gasteiger partial charge in [0.25, 0.3) is 0 Å². The summed E-state index contributed by atoms with van der Waals surface area (Å²) in [5.41, 5.74) is 5.79. The molecule has 3 N–H and O–H groups in total. The molecule has 0 bridgehead atoms. The molecule has 0 aliphatic rings. The fraction of sp³-hybridized carbons (Fsp3) is 0.111. The van der Waals surface area contributed by atoms with Crippen molar-refractivity contribution in [2.24, 2.45) is 5.73 Å². The molecule has 74 valence electrons. The van der Waals surface area contributed by atoms with Crippen molar-refractivity contribution in [1.82, 2.24) is 0 Å². The lowest BCUT2D eigenvalue weighted by Crippen LogP contribution is -2.06. The Bertz CT molecular complexity index is 376. The fourth-order valence-electron chi connectivity index (χ4n) is 1.03. The van der Waals surface area contributed by atoms with Crippen molar-refractivity contribution in [2.75, 3.05) is 0 Å². The molecule has 0 radical (unpaired) electrons. The lowest BCUT2D eigenvalue weighted by Gasteiger charge is -2.06. The molecule has 1 aromatic rings. The number of nitrogens with zero attached hydrogens (tertiary/aromatic N) is 1. The van der Waals surface area contributed by atoms with Gasteiger partial charge in [-0.05, 0) is 11.6 Å². The van der Waals surface area contributed by atoms with Crippen LogP contribution in [0.2, 0.25) is 0 Å². The highest BCUT2D eigenvalue weighted by molar-refractivity contribution is 5.48. The predicted octanol–water partition coefficient (Wildman–Crippen LogP) is 1.49. The lowest BCUT2D eigenvalue weighted by molar-refractivity contribution is -0.385. The van der Waals surface area contributed by atoms with E-state index in [2.05, 4.69) is 6.58 Å². The van der Waals surface area contributed by atoms with E-state index >= 15 is 0 Å². The molecule has 0 fully saturated rings. The van der Waals surface area contributed by atoms with E-state index in [9.17, 15) is 10.1 Å². The summed E-state index contributed by atoms with van der Waals surface area (Å²) in [6.07, 6.45) is 1.47. The highest BCUT2D eigenvalue weighted by Gasteiger charge is 2.15. The summed E-state index contributed by atoms with van der Waals surface area (Å²) >= 11 is 0. The van der Waals surface area contributed by atoms with Gasteiger partial charge in [0.05, 0.1) is 4.92 Å². The standard InChI is InChI=1S/C9H10N2O3/c1-2-7(10)6-3-4-9(12)8(5-6)11(13)14/h2-5,7,12H,1,10H2/t7-/m0/s1. The first-order chi connectivity index (χ1) is 6.56. The van der Waals surface area contributed by atoms with E-state index in [1.807, 2.05) is 0 Å². The molecule has 0 spiro atoms. The smallest absolute Gasteiger partial charge is 0.311 e. The molecule has 14 heavy (non-hydrogen) atoms. The van der Waals surface area contributed by atoms with Crippen molar-refractivity contribution in [3.63, 3.8) is 0 Å². The van der Waals surface area contributed by atoms with Crippen LogP contribution in [0.1, 0.15) is 11.6 Å². The Morgan fingerprint density at radius 3 is 2.79 bits per heavy atom. The largest absolute Gasteiger partial charge is 0.502 e. The molecule has 0 unspecified atom stereocenters. The zero-order valence-corrected chi connectivity index (χ0v) is 7.38. The lowest BCUT2D eigenvalue weighted by atomic mass is 10.1. The van der Waals surface area contributed by atoms with Crippen LogP contribution in [-0.4, -0.2) is 10.0 Å². The van der Waals surface area contributed by atoms with Gasteiger partial charge in [-0.3, -0.25) is 10.1 Å². The monoisotopic (exact) mass is 194 g/mol. The average molecular weight is 194 g/mol. The molecule has 0 amide bonds. The summed E-state index contributed by atoms with van der Waals surface area (Å²) < 4.78 is 0. The number of nitrogens with two attached hydrogens (primary N) is 1. The molecule has 0 heterocycles. The topological polar surface area (TPSA) is 89.4 Å². The number of hydrogen-bond acceptors (Lipinski definition) is 4. The Hall–Kier alpha value is -1.88. The van der Waals surface area contributed by atoms with Crippen molar-refractivity contribution in [1.29, 1.82) is 0 Å². The quantitative estimate of drug-likeness (QED) is 0.433. The van der Waals surface area contributed by atoms with Crippen LogP contribution >= 0.6 is 0 Å². The third-order valence-corrected chi connectivity index (χ3v) is 1.84. The average Bonchev–Trinajstić information content (AvgIpc) is 2.17. The van der Waals surface area contributed by atoms with E-state index in [4.69, 9.17) is 10.8 Å². The molecule has 1 atom stereocenters. The van der Waals surface area contributed by atoms with E-state index in [0.29, 0.717) is 5.56 Å². The summed E-state index contributed by atoms with van der Waals surface area (Å²) in [7, 11) is 0. The fourth-order valence-corrected chi connectivity index (χ4v) is 1.03. The Morgan fingerprint density at radius 1 is 1.64 bits per heavy atom. The maximum Gasteiger partial charge on any atom is 0.311 e. The van der Waals surface area contributed by atoms with Gasteiger partial charge < -0.3 is 10.8 Å². The number of nitro groups is 1. The Balaban J connectivity index is 3.19. The summed E-state index contributed by atoms with van der Waals surface area (Å²) in [6.45, 7) is 3.48. The van der Waals surface area contributed by atoms with Crippen molar-refractivity contribution < 1.29 is 10.0 Å². The van der Waals surface area contributed by atoms with Crippen LogP contribution in [0, 0.1) is 10.1 Å². The molecule has 1 rings (SSSR count). The van der Waals surface area contributed by atoms with Crippen LogP contribution in [0.25, 0.3) is 0 Å². The zero-order chi connectivity index (χ0) is 10.7. The number of benzene rings is 1. The molecule has 0 aromatic heterocycles. The molecule has 5 nitrogen and oxygen atoms in total. The van der Waals surface area contributed by atoms with E-state index in [-0.39, 0.29) is 11.4 Å². The van der Waals surface area contributed by atoms with Crippen LogP contribution in [0.5, 0.6) is 5.75 Å². The summed E-state index contributed by atoms with van der Waals surface area (Å²) in [5, 5.41) is 19.6. The van der Waals surface area contributed by atoms with Crippen LogP contribution in [0.15, 0.2) is 30.9 Å². The Labute approximate surface area is 80.6 Å². The molecule has 0 aliphatic carbocycles. The first-order valence-corrected chi connectivity index (χ1v) is 3.91. The van der Waals surface area contributed by atoms with E-state index < -0.39 is 11.0 Å². The first-order valence-electron chi connectivity index (χ1n) is 3.91. The predicted molar refractivity (Wildman–Crippen MR) is 51.9 cm³/mol. The minimum Gasteiger partial charge on any atom is -0.502 e. The maximum atomic E-state index is 10.5. The molecular weight excluding hydrogens is 184 g/mol. The van der Waals surface area contributed by atoms with Gasteiger partial charge in [0.2, 0.25) is 0 Å². The Morgan fingerprint density at radius 2 is 2.29 bits per heavy atom. The van der Waals surface area contributed by atoms with Gasteiger partial charge in [0.1, 0.15) is 0 Å². The number of aromatic hydroxyl groups is 1. The maximum absolute atomic E-state index is 10.5. The van der Waals surface area contributed by atoms with Crippen molar-refractivity contribution in [3.8, 4) is 5.75 Å². The summed E-state index contributed by atoms with van der Waals surface area (Å²) in [6, 6.07) is 3.54. The highest BCUT2D eigenvalue weighted by atomic mass is 16.6. The van der Waals surface area contributed by atoms with Crippen molar-refractivity contribution in [3.05, 3.63) is 46.5 Å². The van der Waals surface area contributed by atoms with Crippen LogP contribution in [-0.2, 0) is 0 Å². The third-order valence-electron chi connectivity index (χ3n) is 1.84. The molecular formula is C9H10N2O3. The minimum atomic E-state index is -0.658. The zero-order valence-electron chi connectivity index (χ0n) is 7.38. The third kappa shape index (κ3) is 1.89. The second-order valence-corrected chi connectivity index (χ2v) is 2.77. The van der Waals surface area contributed by atoms with E-state index in [1.54, 1.807) is 0 Å². The van der Waals surface area contributed by atoms with Crippen LogP contribution < -0.4 is 5.73 Å². The van der Waals surface area contributed by atoms with Gasteiger partial charge in [0.15, 0.2) is 5.75 Å². The first kappa shape index (κ1) is 10.2. The Kier molecular flexibility index (Phi) is 2.83. The number of phenols is 1. The normalized spacial score (nSPS) is 12.1. The summed E-state index contributed by atoms with van der Waals surface area (Å²) in [4.78, 5) is 9.81. The number of phenolic OH excluding ortho intramolecular Hbond substituents is 1. The molecule has 5 heteroatoms. The molecule has 0 saturated carbocycles. The van der Waals surface area contributed by atoms with Gasteiger partial charge in [-0.1, -0.05) is 12.1 Å². The minimum absolute atomic E-state index is 0.347. The summed E-state index contributed by atoms with van der Waals surface area (Å²) in [5.74, 6) is -0.366. The number of nitro benzene ring substituents is 1. The van der Waals surface area contributed by atoms with Crippen LogP contribution in [0.3, 0.4) is 0 Å². The SMILES string of the molecule is C=C[C@H](N)c1ccc(O)c([N+](=O)[O-])c1. The molecule has 0 aliphatic heterocycles. The molecule has 1 aromatic carbocycles. The second-order valence-electron chi connectivity index (χ2n) is 2.77. The number of hydrogen-bond donors (Lipinski definition) is 2. The van der Waals surface area contributed by atoms with E-state index in [0.717, 1.165) is 0 Å². The highest BCUT2D eigenvalue weighted by Crippen LogP contribution is 2.28. The van der Waals surface area contributed by atoms with Crippen molar-refractivity contribution >= 4 is 5.69 Å².